The Morgan fingerprint density at radius 1 is 1.27 bits per heavy atom. The Bertz CT molecular complexity index is 607. The van der Waals surface area contributed by atoms with Gasteiger partial charge < -0.3 is 19.8 Å². The molecule has 1 saturated heterocycles. The van der Waals surface area contributed by atoms with Gasteiger partial charge in [0.15, 0.2) is 5.82 Å². The van der Waals surface area contributed by atoms with Crippen LogP contribution in [-0.4, -0.2) is 55.4 Å². The third kappa shape index (κ3) is 3.05. The van der Waals surface area contributed by atoms with E-state index in [1.54, 1.807) is 0 Å². The Morgan fingerprint density at radius 3 is 2.68 bits per heavy atom. The number of rotatable bonds is 5. The van der Waals surface area contributed by atoms with Crippen LogP contribution in [0.25, 0.3) is 0 Å². The second-order valence-electron chi connectivity index (χ2n) is 6.04. The second-order valence-corrected chi connectivity index (χ2v) is 6.04. The van der Waals surface area contributed by atoms with Gasteiger partial charge in [-0.15, -0.1) is 10.2 Å². The molecule has 0 atom stereocenters. The van der Waals surface area contributed by atoms with Gasteiger partial charge in [-0.05, 0) is 32.9 Å². The number of nitrogens with zero attached hydrogens (tertiary/aromatic N) is 6. The van der Waals surface area contributed by atoms with Crippen molar-refractivity contribution >= 4 is 0 Å². The van der Waals surface area contributed by atoms with Crippen LogP contribution in [0, 0.1) is 6.92 Å². The van der Waals surface area contributed by atoms with Gasteiger partial charge in [-0.1, -0.05) is 0 Å². The molecular formula is C15H25N7. The maximum absolute atomic E-state index is 5.63. The lowest BCUT2D eigenvalue weighted by atomic mass is 9.96. The number of piperidine rings is 1. The summed E-state index contributed by atoms with van der Waals surface area (Å²) < 4.78 is 4.25. The Kier molecular flexibility index (Phi) is 4.54. The van der Waals surface area contributed by atoms with Crippen LogP contribution in [0.2, 0.25) is 0 Å². The molecule has 2 aromatic rings. The number of likely N-dealkylation sites (tertiary alicyclic amines) is 1. The molecule has 22 heavy (non-hydrogen) atoms. The molecule has 7 nitrogen and oxygen atoms in total. The summed E-state index contributed by atoms with van der Waals surface area (Å²) in [6, 6.07) is 0. The zero-order chi connectivity index (χ0) is 15.5. The van der Waals surface area contributed by atoms with Gasteiger partial charge >= 0.3 is 0 Å². The van der Waals surface area contributed by atoms with Crippen LogP contribution in [-0.2, 0) is 13.6 Å². The van der Waals surface area contributed by atoms with Gasteiger partial charge in [0.25, 0.3) is 0 Å². The third-order valence-electron chi connectivity index (χ3n) is 4.63. The number of aromatic nitrogens is 5. The van der Waals surface area contributed by atoms with E-state index in [9.17, 15) is 0 Å². The lowest BCUT2D eigenvalue weighted by Crippen LogP contribution is -2.36. The van der Waals surface area contributed by atoms with Crippen molar-refractivity contribution in [1.29, 1.82) is 0 Å². The van der Waals surface area contributed by atoms with Crippen LogP contribution in [0.3, 0.4) is 0 Å². The quantitative estimate of drug-likeness (QED) is 0.870. The fourth-order valence-electron chi connectivity index (χ4n) is 3.19. The summed E-state index contributed by atoms with van der Waals surface area (Å²) in [6.45, 7) is 6.67. The smallest absolute Gasteiger partial charge is 0.152 e. The molecule has 1 aliphatic rings. The van der Waals surface area contributed by atoms with E-state index in [1.807, 2.05) is 19.3 Å². The normalized spacial score (nSPS) is 17.2. The van der Waals surface area contributed by atoms with Crippen molar-refractivity contribution in [3.05, 3.63) is 29.9 Å². The van der Waals surface area contributed by atoms with Crippen molar-refractivity contribution in [1.82, 2.24) is 29.2 Å². The molecule has 0 saturated carbocycles. The van der Waals surface area contributed by atoms with Gasteiger partial charge in [-0.25, -0.2) is 4.98 Å². The molecule has 3 heterocycles. The Hall–Kier alpha value is -1.73. The van der Waals surface area contributed by atoms with E-state index in [-0.39, 0.29) is 0 Å². The number of imidazole rings is 1. The molecule has 0 aromatic carbocycles. The topological polar surface area (TPSA) is 77.8 Å². The van der Waals surface area contributed by atoms with Crippen LogP contribution < -0.4 is 5.73 Å². The highest BCUT2D eigenvalue weighted by molar-refractivity contribution is 5.05. The summed E-state index contributed by atoms with van der Waals surface area (Å²) in [5.74, 6) is 3.60. The maximum atomic E-state index is 5.63. The third-order valence-corrected chi connectivity index (χ3v) is 4.63. The predicted octanol–water partition coefficient (Wildman–Crippen LogP) is 0.506. The highest BCUT2D eigenvalue weighted by atomic mass is 15.3. The minimum atomic E-state index is 0.504. The maximum Gasteiger partial charge on any atom is 0.152 e. The van der Waals surface area contributed by atoms with Crippen LogP contribution in [0.15, 0.2) is 12.4 Å². The van der Waals surface area contributed by atoms with Crippen LogP contribution >= 0.6 is 0 Å². The number of aryl methyl sites for hydroxylation is 1. The summed E-state index contributed by atoms with van der Waals surface area (Å²) in [5, 5.41) is 8.85. The molecular weight excluding hydrogens is 278 g/mol. The van der Waals surface area contributed by atoms with Gasteiger partial charge in [-0.3, -0.25) is 0 Å². The van der Waals surface area contributed by atoms with E-state index in [0.29, 0.717) is 5.92 Å². The molecule has 1 aliphatic heterocycles. The van der Waals surface area contributed by atoms with Crippen molar-refractivity contribution in [3.63, 3.8) is 0 Å². The fraction of sp³-hybridized carbons (Fsp3) is 0.667. The molecule has 0 amide bonds. The van der Waals surface area contributed by atoms with E-state index in [2.05, 4.69) is 36.3 Å². The van der Waals surface area contributed by atoms with Crippen LogP contribution in [0.5, 0.6) is 0 Å². The average Bonchev–Trinajstić information content (AvgIpc) is 3.08. The van der Waals surface area contributed by atoms with Crippen molar-refractivity contribution in [3.8, 4) is 0 Å². The molecule has 1 fully saturated rings. The summed E-state index contributed by atoms with van der Waals surface area (Å²) in [6.07, 6.45) is 6.07. The largest absolute Gasteiger partial charge is 0.329 e. The first-order valence-corrected chi connectivity index (χ1v) is 7.97. The Morgan fingerprint density at radius 2 is 2.05 bits per heavy atom. The predicted molar refractivity (Wildman–Crippen MR) is 84.5 cm³/mol. The van der Waals surface area contributed by atoms with Crippen molar-refractivity contribution in [2.75, 3.05) is 26.2 Å². The monoisotopic (exact) mass is 303 g/mol. The van der Waals surface area contributed by atoms with Gasteiger partial charge in [0.1, 0.15) is 11.6 Å². The SMILES string of the molecule is Cc1nccn1Cc1nnc(C2CCN(CCN)CC2)n1C. The minimum Gasteiger partial charge on any atom is -0.329 e. The van der Waals surface area contributed by atoms with Gasteiger partial charge in [0, 0.05) is 38.4 Å². The van der Waals surface area contributed by atoms with Gasteiger partial charge in [0.2, 0.25) is 0 Å². The Balaban J connectivity index is 1.67. The molecule has 0 aliphatic carbocycles. The minimum absolute atomic E-state index is 0.504. The molecule has 3 rings (SSSR count). The molecule has 7 heteroatoms. The van der Waals surface area contributed by atoms with Crippen molar-refractivity contribution in [2.45, 2.75) is 32.2 Å². The first-order chi connectivity index (χ1) is 10.7. The van der Waals surface area contributed by atoms with Crippen molar-refractivity contribution in [2.24, 2.45) is 12.8 Å². The number of nitrogens with two attached hydrogens (primary N) is 1. The van der Waals surface area contributed by atoms with E-state index < -0.39 is 0 Å². The van der Waals surface area contributed by atoms with E-state index in [4.69, 9.17) is 5.73 Å². The number of hydrogen-bond acceptors (Lipinski definition) is 5. The standard InChI is InChI=1S/C15H25N7/c1-12-17-6-10-22(12)11-14-18-19-15(20(14)2)13-3-7-21(8-4-13)9-5-16/h6,10,13H,3-5,7-9,11,16H2,1-2H3. The molecule has 0 unspecified atom stereocenters. The zero-order valence-electron chi connectivity index (χ0n) is 13.4. The molecule has 0 bridgehead atoms. The summed E-state index contributed by atoms with van der Waals surface area (Å²) in [4.78, 5) is 6.69. The molecule has 120 valence electrons. The van der Waals surface area contributed by atoms with E-state index in [0.717, 1.165) is 63.0 Å². The van der Waals surface area contributed by atoms with Crippen LogP contribution in [0.1, 0.15) is 36.2 Å². The first kappa shape index (κ1) is 15.2. The van der Waals surface area contributed by atoms with E-state index >= 15 is 0 Å². The Labute approximate surface area is 131 Å². The first-order valence-electron chi connectivity index (χ1n) is 7.97. The van der Waals surface area contributed by atoms with E-state index in [1.165, 1.54) is 0 Å². The van der Waals surface area contributed by atoms with Gasteiger partial charge in [-0.2, -0.15) is 0 Å². The fourth-order valence-corrected chi connectivity index (χ4v) is 3.19. The highest BCUT2D eigenvalue weighted by Crippen LogP contribution is 2.26. The number of hydrogen-bond donors (Lipinski definition) is 1. The molecule has 2 N–H and O–H groups in total. The van der Waals surface area contributed by atoms with Crippen molar-refractivity contribution < 1.29 is 0 Å². The lowest BCUT2D eigenvalue weighted by molar-refractivity contribution is 0.213. The molecule has 0 radical (unpaired) electrons. The van der Waals surface area contributed by atoms with Crippen LogP contribution in [0.4, 0.5) is 0 Å². The molecule has 0 spiro atoms. The summed E-state index contributed by atoms with van der Waals surface area (Å²) in [7, 11) is 2.07. The zero-order valence-corrected chi connectivity index (χ0v) is 13.4. The average molecular weight is 303 g/mol. The summed E-state index contributed by atoms with van der Waals surface area (Å²) >= 11 is 0. The second kappa shape index (κ2) is 6.58. The lowest BCUT2D eigenvalue weighted by Gasteiger charge is -2.31. The summed E-state index contributed by atoms with van der Waals surface area (Å²) in [5.41, 5.74) is 5.63. The molecule has 2 aromatic heterocycles. The van der Waals surface area contributed by atoms with Gasteiger partial charge in [0.05, 0.1) is 6.54 Å². The highest BCUT2D eigenvalue weighted by Gasteiger charge is 2.24.